The molecule has 0 aromatic heterocycles. The van der Waals surface area contributed by atoms with Crippen LogP contribution in [0.2, 0.25) is 0 Å². The molecule has 0 amide bonds. The van der Waals surface area contributed by atoms with Crippen LogP contribution in [0, 0.1) is 5.92 Å². The molecule has 0 bridgehead atoms. The molecule has 4 nitrogen and oxygen atoms in total. The van der Waals surface area contributed by atoms with Crippen molar-refractivity contribution >= 4 is 16.8 Å². The Morgan fingerprint density at radius 3 is 2.00 bits per heavy atom. The number of fused-ring (bicyclic) bond motifs is 8. The number of rotatable bonds is 7. The fourth-order valence-corrected chi connectivity index (χ4v) is 7.36. The molecule has 0 radical (unpaired) electrons. The number of halogens is 3. The van der Waals surface area contributed by atoms with Crippen molar-refractivity contribution in [1.82, 2.24) is 0 Å². The maximum absolute atomic E-state index is 14.3. The van der Waals surface area contributed by atoms with Gasteiger partial charge in [-0.3, -0.25) is 0 Å². The maximum Gasteiger partial charge on any atom is 0.416 e. The highest BCUT2D eigenvalue weighted by Crippen LogP contribution is 2.53. The van der Waals surface area contributed by atoms with E-state index in [0.29, 0.717) is 11.1 Å². The van der Waals surface area contributed by atoms with Crippen LogP contribution in [0.15, 0.2) is 96.8 Å². The molecule has 0 saturated heterocycles. The van der Waals surface area contributed by atoms with Crippen molar-refractivity contribution in [2.45, 2.75) is 70.4 Å². The molecule has 4 aromatic carbocycles. The minimum Gasteiger partial charge on any atom is -0.497 e. The van der Waals surface area contributed by atoms with Crippen molar-refractivity contribution < 1.29 is 32.1 Å². The van der Waals surface area contributed by atoms with E-state index in [1.807, 2.05) is 94.5 Å². The summed E-state index contributed by atoms with van der Waals surface area (Å²) in [6.07, 6.45) is 7.52. The van der Waals surface area contributed by atoms with Gasteiger partial charge in [0.05, 0.1) is 24.9 Å². The summed E-state index contributed by atoms with van der Waals surface area (Å²) in [5, 5.41) is 1.20. The summed E-state index contributed by atoms with van der Waals surface area (Å²) in [4.78, 5) is 0. The molecule has 0 spiro atoms. The highest BCUT2D eigenvalue weighted by Gasteiger charge is 2.42. The van der Waals surface area contributed by atoms with E-state index in [2.05, 4.69) is 12.2 Å². The maximum atomic E-state index is 14.3. The molecule has 0 fully saturated rings. The Bertz CT molecular complexity index is 1880. The first-order chi connectivity index (χ1) is 23.0. The van der Waals surface area contributed by atoms with E-state index >= 15 is 0 Å². The highest BCUT2D eigenvalue weighted by atomic mass is 19.4. The van der Waals surface area contributed by atoms with Gasteiger partial charge < -0.3 is 18.9 Å². The number of allylic oxidation sites excluding steroid dienone is 3. The van der Waals surface area contributed by atoms with Crippen molar-refractivity contribution in [1.29, 1.82) is 0 Å². The van der Waals surface area contributed by atoms with Gasteiger partial charge in [-0.1, -0.05) is 42.5 Å². The number of alkyl halides is 3. The quantitative estimate of drug-likeness (QED) is 0.199. The van der Waals surface area contributed by atoms with E-state index in [-0.39, 0.29) is 24.0 Å². The Kier molecular flexibility index (Phi) is 8.05. The summed E-state index contributed by atoms with van der Waals surface area (Å²) in [5.41, 5.74) is 2.76. The molecule has 0 saturated carbocycles. The zero-order valence-electron chi connectivity index (χ0n) is 27.7. The van der Waals surface area contributed by atoms with Crippen LogP contribution in [0.1, 0.15) is 73.4 Å². The molecular formula is C41H39F3O4. The van der Waals surface area contributed by atoms with Gasteiger partial charge in [-0.25, -0.2) is 0 Å². The van der Waals surface area contributed by atoms with Gasteiger partial charge in [-0.05, 0) is 118 Å². The van der Waals surface area contributed by atoms with Gasteiger partial charge in [-0.15, -0.1) is 0 Å². The minimum absolute atomic E-state index is 0.00505. The van der Waals surface area contributed by atoms with Crippen molar-refractivity contribution in [3.05, 3.63) is 130 Å². The van der Waals surface area contributed by atoms with E-state index < -0.39 is 17.3 Å². The summed E-state index contributed by atoms with van der Waals surface area (Å²) in [6, 6.07) is 19.5. The van der Waals surface area contributed by atoms with Crippen LogP contribution >= 0.6 is 0 Å². The fourth-order valence-electron chi connectivity index (χ4n) is 7.36. The molecule has 48 heavy (non-hydrogen) atoms. The van der Waals surface area contributed by atoms with Gasteiger partial charge in [0.15, 0.2) is 5.60 Å². The molecule has 7 heteroatoms. The molecule has 2 atom stereocenters. The average Bonchev–Trinajstić information content (AvgIpc) is 3.07. The fraction of sp³-hybridized carbons (Fsp3) is 0.317. The SMILES string of the molecule is COC1=CC2c3c(c4c(c5cc(C(F)(F)F)ccc35)OC(c3ccc(OC(C)C)cc3)(c3ccc(OC(C)C)cc3)C=C4)CCC2C=C1. The van der Waals surface area contributed by atoms with E-state index in [9.17, 15) is 13.2 Å². The minimum atomic E-state index is -4.52. The number of hydrogen-bond donors (Lipinski definition) is 0. The van der Waals surface area contributed by atoms with Crippen molar-refractivity contribution in [2.24, 2.45) is 5.92 Å². The standard InChI is InChI=1S/C41H39F3O4/c1-24(2)46-30-14-8-27(9-15-30)40(28-10-16-31(17-11-28)47-25(3)4)21-20-35-33-18-7-26-6-13-32(45-5)23-36(26)38(33)34-19-12-29(41(42,43)44)22-37(34)39(35)48-40/h6,8-17,19-26,36H,7,18H2,1-5H3. The Balaban J connectivity index is 1.46. The predicted molar refractivity (Wildman–Crippen MR) is 183 cm³/mol. The largest absolute Gasteiger partial charge is 0.497 e. The normalized spacial score (nSPS) is 19.3. The van der Waals surface area contributed by atoms with Crippen LogP contribution < -0.4 is 14.2 Å². The van der Waals surface area contributed by atoms with Crippen LogP contribution in [0.3, 0.4) is 0 Å². The second kappa shape index (κ2) is 12.1. The average molecular weight is 653 g/mol. The monoisotopic (exact) mass is 652 g/mol. The van der Waals surface area contributed by atoms with E-state index in [1.54, 1.807) is 13.2 Å². The van der Waals surface area contributed by atoms with Gasteiger partial charge in [-0.2, -0.15) is 13.2 Å². The lowest BCUT2D eigenvalue weighted by Gasteiger charge is -2.40. The Labute approximate surface area is 279 Å². The summed E-state index contributed by atoms with van der Waals surface area (Å²) in [6.45, 7) is 7.88. The molecule has 248 valence electrons. The Morgan fingerprint density at radius 1 is 0.812 bits per heavy atom. The first-order valence-electron chi connectivity index (χ1n) is 16.5. The van der Waals surface area contributed by atoms with Gasteiger partial charge in [0, 0.05) is 28.0 Å². The smallest absolute Gasteiger partial charge is 0.416 e. The molecule has 1 aliphatic heterocycles. The van der Waals surface area contributed by atoms with Crippen LogP contribution in [0.5, 0.6) is 17.2 Å². The van der Waals surface area contributed by atoms with Gasteiger partial charge in [0.1, 0.15) is 23.0 Å². The molecule has 4 aromatic rings. The molecule has 2 unspecified atom stereocenters. The second-order valence-electron chi connectivity index (χ2n) is 13.3. The van der Waals surface area contributed by atoms with E-state index in [1.165, 1.54) is 12.1 Å². The lowest BCUT2D eigenvalue weighted by molar-refractivity contribution is -0.137. The molecule has 2 aliphatic carbocycles. The third-order valence-electron chi connectivity index (χ3n) is 9.44. The summed E-state index contributed by atoms with van der Waals surface area (Å²) >= 11 is 0. The van der Waals surface area contributed by atoms with Crippen LogP contribution in [0.25, 0.3) is 16.8 Å². The van der Waals surface area contributed by atoms with E-state index in [0.717, 1.165) is 63.3 Å². The second-order valence-corrected chi connectivity index (χ2v) is 13.3. The molecule has 3 aliphatic rings. The Hall–Kier alpha value is -4.65. The molecular weight excluding hydrogens is 613 g/mol. The van der Waals surface area contributed by atoms with E-state index in [4.69, 9.17) is 18.9 Å². The predicted octanol–water partition coefficient (Wildman–Crippen LogP) is 10.5. The zero-order valence-corrected chi connectivity index (χ0v) is 27.7. The number of hydrogen-bond acceptors (Lipinski definition) is 4. The van der Waals surface area contributed by atoms with Crippen LogP contribution in [-0.4, -0.2) is 19.3 Å². The first-order valence-corrected chi connectivity index (χ1v) is 16.5. The first kappa shape index (κ1) is 31.9. The number of ether oxygens (including phenoxy) is 4. The lowest BCUT2D eigenvalue weighted by Crippen LogP contribution is -2.35. The Morgan fingerprint density at radius 2 is 1.44 bits per heavy atom. The lowest BCUT2D eigenvalue weighted by atomic mass is 9.69. The third kappa shape index (κ3) is 5.63. The van der Waals surface area contributed by atoms with Crippen molar-refractivity contribution in [3.63, 3.8) is 0 Å². The molecule has 7 rings (SSSR count). The summed E-state index contributed by atoms with van der Waals surface area (Å²) in [7, 11) is 1.64. The van der Waals surface area contributed by atoms with Crippen LogP contribution in [0.4, 0.5) is 13.2 Å². The van der Waals surface area contributed by atoms with Gasteiger partial charge in [0.25, 0.3) is 0 Å². The zero-order chi connectivity index (χ0) is 33.8. The topological polar surface area (TPSA) is 36.9 Å². The summed E-state index contributed by atoms with van der Waals surface area (Å²) in [5.74, 6) is 2.84. The van der Waals surface area contributed by atoms with Crippen LogP contribution in [-0.2, 0) is 22.9 Å². The van der Waals surface area contributed by atoms with Crippen molar-refractivity contribution in [2.75, 3.05) is 7.11 Å². The van der Waals surface area contributed by atoms with Gasteiger partial charge in [0.2, 0.25) is 0 Å². The number of methoxy groups -OCH3 is 1. The van der Waals surface area contributed by atoms with Gasteiger partial charge >= 0.3 is 6.18 Å². The molecule has 1 heterocycles. The highest BCUT2D eigenvalue weighted by molar-refractivity contribution is 5.98. The summed E-state index contributed by atoms with van der Waals surface area (Å²) < 4.78 is 67.5. The van der Waals surface area contributed by atoms with Crippen molar-refractivity contribution in [3.8, 4) is 17.2 Å². The third-order valence-corrected chi connectivity index (χ3v) is 9.44. The molecule has 0 N–H and O–H groups in total. The number of benzene rings is 4.